The highest BCUT2D eigenvalue weighted by Gasteiger charge is 2.29. The van der Waals surface area contributed by atoms with E-state index in [2.05, 4.69) is 20.1 Å². The number of fused-ring (bicyclic) bond motifs is 1. The molecule has 0 bridgehead atoms. The third-order valence-corrected chi connectivity index (χ3v) is 5.38. The molecule has 146 valence electrons. The molecule has 4 heterocycles. The SMILES string of the molecule is O=C(c1cnc(Cl)c(Cl)c1)N1CCC[C@H](c2cc(C(F)F)nc3ncnn23)C1. The van der Waals surface area contributed by atoms with Gasteiger partial charge in [-0.25, -0.2) is 23.3 Å². The van der Waals surface area contributed by atoms with E-state index in [1.54, 1.807) is 4.90 Å². The van der Waals surface area contributed by atoms with E-state index in [1.807, 2.05) is 0 Å². The molecule has 0 spiro atoms. The number of carbonyl (C=O) groups excluding carboxylic acids is 1. The Morgan fingerprint density at radius 3 is 2.82 bits per heavy atom. The number of carbonyl (C=O) groups is 1. The maximum absolute atomic E-state index is 13.2. The molecular weight excluding hydrogens is 413 g/mol. The van der Waals surface area contributed by atoms with Crippen LogP contribution in [0.3, 0.4) is 0 Å². The minimum atomic E-state index is -2.72. The number of hydrogen-bond donors (Lipinski definition) is 0. The largest absolute Gasteiger partial charge is 0.338 e. The average Bonchev–Trinajstić information content (AvgIpc) is 3.17. The van der Waals surface area contributed by atoms with Crippen LogP contribution in [0.25, 0.3) is 5.78 Å². The van der Waals surface area contributed by atoms with Crippen LogP contribution in [0.4, 0.5) is 8.78 Å². The quantitative estimate of drug-likeness (QED) is 0.595. The van der Waals surface area contributed by atoms with Gasteiger partial charge in [0, 0.05) is 25.2 Å². The van der Waals surface area contributed by atoms with Crippen molar-refractivity contribution in [2.45, 2.75) is 25.2 Å². The number of hydrogen-bond acceptors (Lipinski definition) is 5. The first-order valence-corrected chi connectivity index (χ1v) is 9.28. The molecule has 0 unspecified atom stereocenters. The first kappa shape index (κ1) is 18.9. The number of pyridine rings is 1. The fourth-order valence-corrected chi connectivity index (χ4v) is 3.65. The summed E-state index contributed by atoms with van der Waals surface area (Å²) in [4.78, 5) is 26.2. The fraction of sp³-hybridized carbons (Fsp3) is 0.353. The highest BCUT2D eigenvalue weighted by atomic mass is 35.5. The Kier molecular flexibility index (Phi) is 5.11. The molecule has 0 aliphatic carbocycles. The van der Waals surface area contributed by atoms with Crippen molar-refractivity contribution in [2.24, 2.45) is 0 Å². The average molecular weight is 427 g/mol. The molecule has 1 aliphatic rings. The summed E-state index contributed by atoms with van der Waals surface area (Å²) in [5.41, 5.74) is 0.527. The molecule has 1 saturated heterocycles. The number of rotatable bonds is 3. The molecule has 1 aliphatic heterocycles. The zero-order valence-corrected chi connectivity index (χ0v) is 15.9. The zero-order chi connectivity index (χ0) is 19.8. The fourth-order valence-electron chi connectivity index (χ4n) is 3.38. The molecule has 0 saturated carbocycles. The molecule has 1 amide bonds. The van der Waals surface area contributed by atoms with E-state index in [0.29, 0.717) is 30.8 Å². The van der Waals surface area contributed by atoms with Crippen molar-refractivity contribution in [2.75, 3.05) is 13.1 Å². The lowest BCUT2D eigenvalue weighted by Crippen LogP contribution is -2.39. The Morgan fingerprint density at radius 2 is 2.07 bits per heavy atom. The molecule has 7 nitrogen and oxygen atoms in total. The van der Waals surface area contributed by atoms with Gasteiger partial charge in [0.1, 0.15) is 17.2 Å². The molecule has 4 rings (SSSR count). The lowest BCUT2D eigenvalue weighted by atomic mass is 9.93. The molecular formula is C17H14Cl2F2N6O. The summed E-state index contributed by atoms with van der Waals surface area (Å²) >= 11 is 11.8. The summed E-state index contributed by atoms with van der Waals surface area (Å²) in [6.45, 7) is 0.892. The van der Waals surface area contributed by atoms with Crippen molar-refractivity contribution < 1.29 is 13.6 Å². The van der Waals surface area contributed by atoms with E-state index < -0.39 is 6.43 Å². The van der Waals surface area contributed by atoms with E-state index in [0.717, 1.165) is 6.42 Å². The maximum Gasteiger partial charge on any atom is 0.280 e. The molecule has 3 aromatic rings. The minimum absolute atomic E-state index is 0.116. The summed E-state index contributed by atoms with van der Waals surface area (Å²) < 4.78 is 27.9. The van der Waals surface area contributed by atoms with Gasteiger partial charge < -0.3 is 4.90 Å². The number of likely N-dealkylation sites (tertiary alicyclic amines) is 1. The van der Waals surface area contributed by atoms with Crippen LogP contribution < -0.4 is 0 Å². The Labute approximate surface area is 168 Å². The second-order valence-corrected chi connectivity index (χ2v) is 7.23. The van der Waals surface area contributed by atoms with Crippen LogP contribution in [0.5, 0.6) is 0 Å². The lowest BCUT2D eigenvalue weighted by Gasteiger charge is -2.33. The number of aromatic nitrogens is 5. The molecule has 0 aromatic carbocycles. The molecule has 3 aromatic heterocycles. The number of nitrogens with zero attached hydrogens (tertiary/aromatic N) is 6. The van der Waals surface area contributed by atoms with Crippen molar-refractivity contribution in [3.63, 3.8) is 0 Å². The van der Waals surface area contributed by atoms with Gasteiger partial charge in [0.2, 0.25) is 0 Å². The van der Waals surface area contributed by atoms with E-state index in [9.17, 15) is 13.6 Å². The zero-order valence-electron chi connectivity index (χ0n) is 14.4. The summed E-state index contributed by atoms with van der Waals surface area (Å²) in [6.07, 6.45) is 1.37. The van der Waals surface area contributed by atoms with Gasteiger partial charge in [-0.05, 0) is 25.0 Å². The first-order valence-electron chi connectivity index (χ1n) is 8.53. The van der Waals surface area contributed by atoms with Gasteiger partial charge in [-0.3, -0.25) is 4.79 Å². The van der Waals surface area contributed by atoms with Gasteiger partial charge in [0.05, 0.1) is 16.3 Å². The second kappa shape index (κ2) is 7.56. The number of alkyl halides is 2. The number of halogens is 4. The topological polar surface area (TPSA) is 76.3 Å². The molecule has 28 heavy (non-hydrogen) atoms. The Hall–Kier alpha value is -2.39. The monoisotopic (exact) mass is 426 g/mol. The van der Waals surface area contributed by atoms with Crippen LogP contribution in [-0.2, 0) is 0 Å². The predicted molar refractivity (Wildman–Crippen MR) is 97.9 cm³/mol. The van der Waals surface area contributed by atoms with E-state index in [1.165, 1.54) is 29.2 Å². The summed E-state index contributed by atoms with van der Waals surface area (Å²) in [5, 5.41) is 4.42. The third kappa shape index (κ3) is 3.51. The van der Waals surface area contributed by atoms with Gasteiger partial charge in [-0.1, -0.05) is 23.2 Å². The molecule has 11 heteroatoms. The maximum atomic E-state index is 13.2. The van der Waals surface area contributed by atoms with Crippen LogP contribution in [-0.4, -0.2) is 48.5 Å². The lowest BCUT2D eigenvalue weighted by molar-refractivity contribution is 0.0704. The van der Waals surface area contributed by atoms with Crippen LogP contribution in [0.15, 0.2) is 24.7 Å². The van der Waals surface area contributed by atoms with Crippen molar-refractivity contribution in [3.05, 3.63) is 51.8 Å². The normalized spacial score (nSPS) is 17.5. The molecule has 0 N–H and O–H groups in total. The number of amides is 1. The summed E-state index contributed by atoms with van der Waals surface area (Å²) in [5.74, 6) is -0.309. The first-order chi connectivity index (χ1) is 13.4. The Bertz CT molecular complexity index is 1040. The van der Waals surface area contributed by atoms with Gasteiger partial charge in [0.15, 0.2) is 0 Å². The van der Waals surface area contributed by atoms with Gasteiger partial charge >= 0.3 is 0 Å². The predicted octanol–water partition coefficient (Wildman–Crippen LogP) is 3.78. The van der Waals surface area contributed by atoms with Crippen LogP contribution in [0, 0.1) is 0 Å². The molecule has 0 radical (unpaired) electrons. The standard InChI is InChI=1S/C17H14Cl2F2N6O/c18-11-4-10(6-22-14(11)19)16(28)26-3-1-2-9(7-26)13-5-12(15(20)21)25-17-23-8-24-27(13)17/h4-6,8-9,15H,1-3,7H2/t9-/m0/s1. The van der Waals surface area contributed by atoms with Crippen LogP contribution in [0.1, 0.15) is 46.9 Å². The molecule has 1 atom stereocenters. The van der Waals surface area contributed by atoms with Crippen LogP contribution in [0.2, 0.25) is 10.2 Å². The van der Waals surface area contributed by atoms with Crippen molar-refractivity contribution in [1.29, 1.82) is 0 Å². The smallest absolute Gasteiger partial charge is 0.280 e. The summed E-state index contributed by atoms with van der Waals surface area (Å²) in [7, 11) is 0. The Morgan fingerprint density at radius 1 is 1.25 bits per heavy atom. The third-order valence-electron chi connectivity index (χ3n) is 4.69. The van der Waals surface area contributed by atoms with E-state index >= 15 is 0 Å². The van der Waals surface area contributed by atoms with Gasteiger partial charge in [-0.2, -0.15) is 10.1 Å². The van der Waals surface area contributed by atoms with Crippen LogP contribution >= 0.6 is 23.2 Å². The van der Waals surface area contributed by atoms with Crippen molar-refractivity contribution in [3.8, 4) is 0 Å². The van der Waals surface area contributed by atoms with E-state index in [-0.39, 0.29) is 33.5 Å². The Balaban J connectivity index is 1.64. The van der Waals surface area contributed by atoms with Gasteiger partial charge in [0.25, 0.3) is 18.1 Å². The summed E-state index contributed by atoms with van der Waals surface area (Å²) in [6, 6.07) is 2.81. The molecule has 1 fully saturated rings. The number of piperidine rings is 1. The highest BCUT2D eigenvalue weighted by Crippen LogP contribution is 2.30. The van der Waals surface area contributed by atoms with Gasteiger partial charge in [-0.15, -0.1) is 0 Å². The van der Waals surface area contributed by atoms with Crippen molar-refractivity contribution >= 4 is 34.9 Å². The minimum Gasteiger partial charge on any atom is -0.338 e. The highest BCUT2D eigenvalue weighted by molar-refractivity contribution is 6.41. The van der Waals surface area contributed by atoms with Crippen molar-refractivity contribution in [1.82, 2.24) is 29.5 Å². The van der Waals surface area contributed by atoms with E-state index in [4.69, 9.17) is 23.2 Å². The second-order valence-electron chi connectivity index (χ2n) is 6.47.